The molecule has 0 aliphatic rings. The molecular weight excluding hydrogens is 330 g/mol. The average Bonchev–Trinajstić information content (AvgIpc) is 2.88. The number of carbonyl (C=O) groups is 1. The summed E-state index contributed by atoms with van der Waals surface area (Å²) in [7, 11) is 0. The molecule has 8 heteroatoms. The van der Waals surface area contributed by atoms with Crippen LogP contribution in [0.3, 0.4) is 0 Å². The lowest BCUT2D eigenvalue weighted by Crippen LogP contribution is -2.12. The molecule has 100 valence electrons. The number of aromatic nitrogens is 3. The monoisotopic (exact) mass is 341 g/mol. The maximum atomic E-state index is 12.0. The summed E-state index contributed by atoms with van der Waals surface area (Å²) in [6.45, 7) is 2.87. The Morgan fingerprint density at radius 2 is 2.32 bits per heavy atom. The van der Waals surface area contributed by atoms with Gasteiger partial charge in [0.05, 0.1) is 10.2 Å². The predicted molar refractivity (Wildman–Crippen MR) is 78.6 cm³/mol. The van der Waals surface area contributed by atoms with Crippen molar-refractivity contribution in [3.63, 3.8) is 0 Å². The van der Waals surface area contributed by atoms with E-state index < -0.39 is 0 Å². The molecule has 0 radical (unpaired) electrons. The number of halogens is 1. The highest BCUT2D eigenvalue weighted by atomic mass is 79.9. The molecule has 2 heterocycles. The van der Waals surface area contributed by atoms with E-state index in [2.05, 4.69) is 48.7 Å². The molecule has 0 saturated carbocycles. The first-order valence-corrected chi connectivity index (χ1v) is 7.30. The molecule has 0 saturated heterocycles. The Balaban J connectivity index is 2.04. The van der Waals surface area contributed by atoms with Crippen LogP contribution in [0.25, 0.3) is 0 Å². The number of carbonyl (C=O) groups excluding carboxylic acids is 1. The quantitative estimate of drug-likeness (QED) is 0.873. The summed E-state index contributed by atoms with van der Waals surface area (Å²) in [4.78, 5) is 15.9. The highest BCUT2D eigenvalue weighted by molar-refractivity contribution is 9.10. The first kappa shape index (κ1) is 13.9. The van der Waals surface area contributed by atoms with Crippen LogP contribution in [-0.2, 0) is 0 Å². The minimum absolute atomic E-state index is 0.283. The van der Waals surface area contributed by atoms with Crippen molar-refractivity contribution >= 4 is 44.0 Å². The van der Waals surface area contributed by atoms with Crippen molar-refractivity contribution in [1.29, 1.82) is 0 Å². The minimum Gasteiger partial charge on any atom is -0.360 e. The van der Waals surface area contributed by atoms with Gasteiger partial charge in [-0.1, -0.05) is 18.3 Å². The van der Waals surface area contributed by atoms with Crippen molar-refractivity contribution in [3.8, 4) is 0 Å². The van der Waals surface area contributed by atoms with Gasteiger partial charge in [0.15, 0.2) is 0 Å². The number of pyridine rings is 1. The van der Waals surface area contributed by atoms with E-state index in [9.17, 15) is 4.79 Å². The molecule has 2 aromatic rings. The van der Waals surface area contributed by atoms with Crippen molar-refractivity contribution in [2.75, 3.05) is 17.2 Å². The molecule has 0 aliphatic carbocycles. The van der Waals surface area contributed by atoms with Gasteiger partial charge in [-0.25, -0.2) is 0 Å². The van der Waals surface area contributed by atoms with Gasteiger partial charge in [-0.15, -0.1) is 10.2 Å². The number of rotatable bonds is 5. The molecule has 2 aromatic heterocycles. The molecule has 0 aliphatic heterocycles. The van der Waals surface area contributed by atoms with Gasteiger partial charge in [0.25, 0.3) is 5.91 Å². The zero-order chi connectivity index (χ0) is 13.7. The summed E-state index contributed by atoms with van der Waals surface area (Å²) < 4.78 is 0.720. The van der Waals surface area contributed by atoms with E-state index in [4.69, 9.17) is 0 Å². The number of amides is 1. The van der Waals surface area contributed by atoms with E-state index >= 15 is 0 Å². The Kier molecular flexibility index (Phi) is 4.80. The Labute approximate surface area is 122 Å². The molecule has 6 nitrogen and oxygen atoms in total. The lowest BCUT2D eigenvalue weighted by Gasteiger charge is -2.03. The number of hydrogen-bond acceptors (Lipinski definition) is 6. The highest BCUT2D eigenvalue weighted by Crippen LogP contribution is 2.22. The third-order valence-corrected chi connectivity index (χ3v) is 3.68. The van der Waals surface area contributed by atoms with Crippen molar-refractivity contribution < 1.29 is 4.79 Å². The maximum Gasteiger partial charge on any atom is 0.286 e. The fourth-order valence-electron chi connectivity index (χ4n) is 1.27. The molecular formula is C11H12BrN5OS. The number of nitrogens with one attached hydrogen (secondary N) is 2. The smallest absolute Gasteiger partial charge is 0.286 e. The second-order valence-corrected chi connectivity index (χ2v) is 5.48. The van der Waals surface area contributed by atoms with E-state index in [1.54, 1.807) is 18.5 Å². The second kappa shape index (κ2) is 6.58. The van der Waals surface area contributed by atoms with E-state index in [-0.39, 0.29) is 5.91 Å². The fraction of sp³-hybridized carbons (Fsp3) is 0.273. The van der Waals surface area contributed by atoms with E-state index in [0.717, 1.165) is 17.4 Å². The molecule has 0 fully saturated rings. The Hall–Kier alpha value is -1.54. The first-order chi connectivity index (χ1) is 9.20. The van der Waals surface area contributed by atoms with E-state index in [1.165, 1.54) is 11.3 Å². The molecule has 19 heavy (non-hydrogen) atoms. The summed E-state index contributed by atoms with van der Waals surface area (Å²) in [5, 5.41) is 14.6. The van der Waals surface area contributed by atoms with Gasteiger partial charge < -0.3 is 10.6 Å². The van der Waals surface area contributed by atoms with Crippen molar-refractivity contribution in [1.82, 2.24) is 15.2 Å². The third kappa shape index (κ3) is 3.71. The Morgan fingerprint density at radius 1 is 1.47 bits per heavy atom. The largest absolute Gasteiger partial charge is 0.360 e. The lowest BCUT2D eigenvalue weighted by atomic mass is 10.4. The second-order valence-electron chi connectivity index (χ2n) is 3.65. The van der Waals surface area contributed by atoms with Crippen molar-refractivity contribution in [3.05, 3.63) is 27.9 Å². The van der Waals surface area contributed by atoms with Crippen LogP contribution in [0.4, 0.5) is 10.8 Å². The van der Waals surface area contributed by atoms with Crippen LogP contribution in [0.5, 0.6) is 0 Å². The van der Waals surface area contributed by atoms with Crippen LogP contribution in [0.2, 0.25) is 0 Å². The fourth-order valence-corrected chi connectivity index (χ4v) is 2.28. The molecule has 1 amide bonds. The van der Waals surface area contributed by atoms with Crippen LogP contribution in [0.1, 0.15) is 23.1 Å². The van der Waals surface area contributed by atoms with E-state index in [0.29, 0.717) is 15.8 Å². The van der Waals surface area contributed by atoms with Gasteiger partial charge in [0.2, 0.25) is 10.1 Å². The zero-order valence-corrected chi connectivity index (χ0v) is 12.6. The molecule has 0 bridgehead atoms. The molecule has 2 N–H and O–H groups in total. The standard InChI is InChI=1S/C11H12BrN5OS/c1-2-4-14-11-17-16-10(19-11)9(18)15-8-3-5-13-6-7(8)12/h3,5-6H,2,4H2,1H3,(H,14,17)(H,13,15,18). The molecule has 0 unspecified atom stereocenters. The van der Waals surface area contributed by atoms with Gasteiger partial charge in [-0.05, 0) is 28.4 Å². The average molecular weight is 342 g/mol. The van der Waals surface area contributed by atoms with Crippen LogP contribution in [0, 0.1) is 0 Å². The van der Waals surface area contributed by atoms with Crippen LogP contribution in [0.15, 0.2) is 22.9 Å². The zero-order valence-electron chi connectivity index (χ0n) is 10.2. The van der Waals surface area contributed by atoms with Crippen molar-refractivity contribution in [2.45, 2.75) is 13.3 Å². The van der Waals surface area contributed by atoms with Crippen LogP contribution >= 0.6 is 27.3 Å². The maximum absolute atomic E-state index is 12.0. The molecule has 0 atom stereocenters. The molecule has 0 spiro atoms. The predicted octanol–water partition coefficient (Wildman–Crippen LogP) is 2.77. The van der Waals surface area contributed by atoms with Gasteiger partial charge in [0.1, 0.15) is 0 Å². The SMILES string of the molecule is CCCNc1nnc(C(=O)Nc2ccncc2Br)s1. The van der Waals surface area contributed by atoms with Crippen molar-refractivity contribution in [2.24, 2.45) is 0 Å². The van der Waals surface area contributed by atoms with Gasteiger partial charge in [-0.2, -0.15) is 0 Å². The van der Waals surface area contributed by atoms with Crippen LogP contribution in [-0.4, -0.2) is 27.6 Å². The summed E-state index contributed by atoms with van der Waals surface area (Å²) in [5.41, 5.74) is 0.651. The lowest BCUT2D eigenvalue weighted by molar-refractivity contribution is 0.102. The van der Waals surface area contributed by atoms with Crippen LogP contribution < -0.4 is 10.6 Å². The summed E-state index contributed by atoms with van der Waals surface area (Å²) in [6.07, 6.45) is 4.21. The summed E-state index contributed by atoms with van der Waals surface area (Å²) in [6, 6.07) is 1.71. The normalized spacial score (nSPS) is 10.2. The Bertz CT molecular complexity index is 574. The Morgan fingerprint density at radius 3 is 3.05 bits per heavy atom. The molecule has 0 aromatic carbocycles. The minimum atomic E-state index is -0.283. The highest BCUT2D eigenvalue weighted by Gasteiger charge is 2.13. The number of anilines is 2. The first-order valence-electron chi connectivity index (χ1n) is 5.69. The third-order valence-electron chi connectivity index (χ3n) is 2.17. The van der Waals surface area contributed by atoms with Gasteiger partial charge in [-0.3, -0.25) is 9.78 Å². The summed E-state index contributed by atoms with van der Waals surface area (Å²) >= 11 is 4.54. The topological polar surface area (TPSA) is 79.8 Å². The van der Waals surface area contributed by atoms with Gasteiger partial charge >= 0.3 is 0 Å². The molecule has 2 rings (SSSR count). The summed E-state index contributed by atoms with van der Waals surface area (Å²) in [5.74, 6) is -0.283. The number of hydrogen-bond donors (Lipinski definition) is 2. The van der Waals surface area contributed by atoms with E-state index in [1.807, 2.05) is 0 Å². The number of nitrogens with zero attached hydrogens (tertiary/aromatic N) is 3. The van der Waals surface area contributed by atoms with Gasteiger partial charge in [0, 0.05) is 18.9 Å².